The van der Waals surface area contributed by atoms with Crippen molar-refractivity contribution < 1.29 is 23.0 Å². The van der Waals surface area contributed by atoms with Crippen LogP contribution in [0, 0.1) is 5.92 Å². The first kappa shape index (κ1) is 25.5. The number of aliphatic hydroxyl groups is 1. The van der Waals surface area contributed by atoms with Gasteiger partial charge in [0.1, 0.15) is 11.5 Å². The highest BCUT2D eigenvalue weighted by molar-refractivity contribution is 7.89. The first-order chi connectivity index (χ1) is 15.2. The molecule has 0 heterocycles. The molecule has 0 amide bonds. The molecule has 0 aromatic heterocycles. The minimum atomic E-state index is -3.88. The molecule has 0 radical (unpaired) electrons. The van der Waals surface area contributed by atoms with Crippen molar-refractivity contribution in [3.05, 3.63) is 64.5 Å². The number of nitrogens with zero attached hydrogens (tertiary/aromatic N) is 4. The van der Waals surface area contributed by atoms with Gasteiger partial charge in [0.05, 0.1) is 31.3 Å². The van der Waals surface area contributed by atoms with Gasteiger partial charge < -0.3 is 14.6 Å². The third-order valence-electron chi connectivity index (χ3n) is 4.90. The standard InChI is InChI=1S/C22H30N4O5S/c1-16(2)14-26(32(28,29)20-11-9-19(31-4)10-12-20)15-22(27)21(24-25-23)13-17-5-7-18(30-3)8-6-17/h5-12,16,21-22,27H,13-15H2,1-4H3/t21-,22+/m0/s1. The number of sulfonamides is 1. The normalized spacial score (nSPS) is 13.5. The lowest BCUT2D eigenvalue weighted by Crippen LogP contribution is -2.43. The predicted octanol–water partition coefficient (Wildman–Crippen LogP) is 3.63. The number of azide groups is 1. The lowest BCUT2D eigenvalue weighted by Gasteiger charge is -2.28. The highest BCUT2D eigenvalue weighted by Gasteiger charge is 2.30. The summed E-state index contributed by atoms with van der Waals surface area (Å²) in [6.07, 6.45) is -0.937. The molecule has 0 spiro atoms. The zero-order valence-electron chi connectivity index (χ0n) is 18.7. The molecule has 2 atom stereocenters. The largest absolute Gasteiger partial charge is 0.497 e. The highest BCUT2D eigenvalue weighted by Crippen LogP contribution is 2.22. The van der Waals surface area contributed by atoms with Gasteiger partial charge in [0.2, 0.25) is 10.0 Å². The van der Waals surface area contributed by atoms with Gasteiger partial charge in [-0.15, -0.1) is 0 Å². The molecule has 2 rings (SSSR count). The number of hydrogen-bond donors (Lipinski definition) is 1. The molecular formula is C22H30N4O5S. The maximum absolute atomic E-state index is 13.3. The average molecular weight is 463 g/mol. The molecule has 1 N–H and O–H groups in total. The van der Waals surface area contributed by atoms with Gasteiger partial charge in [-0.05, 0) is 59.8 Å². The molecule has 32 heavy (non-hydrogen) atoms. The molecule has 174 valence electrons. The SMILES string of the molecule is COc1ccc(C[C@H](N=[N+]=[N-])[C@H](O)CN(CC(C)C)S(=O)(=O)c2ccc(OC)cc2)cc1. The smallest absolute Gasteiger partial charge is 0.243 e. The van der Waals surface area contributed by atoms with E-state index in [0.717, 1.165) is 5.56 Å². The van der Waals surface area contributed by atoms with E-state index >= 15 is 0 Å². The van der Waals surface area contributed by atoms with Crippen LogP contribution in [-0.4, -0.2) is 57.3 Å². The minimum Gasteiger partial charge on any atom is -0.497 e. The van der Waals surface area contributed by atoms with Gasteiger partial charge >= 0.3 is 0 Å². The van der Waals surface area contributed by atoms with E-state index in [9.17, 15) is 13.5 Å². The molecule has 2 aromatic carbocycles. The van der Waals surface area contributed by atoms with Crippen molar-refractivity contribution in [2.75, 3.05) is 27.3 Å². The molecule has 2 aromatic rings. The summed E-state index contributed by atoms with van der Waals surface area (Å²) < 4.78 is 38.0. The Morgan fingerprint density at radius 2 is 1.53 bits per heavy atom. The zero-order chi connectivity index (χ0) is 23.7. The van der Waals surface area contributed by atoms with Crippen molar-refractivity contribution >= 4 is 10.0 Å². The molecule has 0 unspecified atom stereocenters. The molecule has 0 aliphatic rings. The second kappa shape index (κ2) is 11.7. The Labute approximate surface area is 189 Å². The van der Waals surface area contributed by atoms with Crippen molar-refractivity contribution in [1.82, 2.24) is 4.31 Å². The lowest BCUT2D eigenvalue weighted by atomic mass is 10.0. The third-order valence-corrected chi connectivity index (χ3v) is 6.75. The fraction of sp³-hybridized carbons (Fsp3) is 0.455. The molecule has 0 saturated heterocycles. The van der Waals surface area contributed by atoms with Crippen LogP contribution in [-0.2, 0) is 16.4 Å². The van der Waals surface area contributed by atoms with Crippen LogP contribution in [0.5, 0.6) is 11.5 Å². The Balaban J connectivity index is 2.26. The van der Waals surface area contributed by atoms with Crippen LogP contribution < -0.4 is 9.47 Å². The number of ether oxygens (including phenoxy) is 2. The summed E-state index contributed by atoms with van der Waals surface area (Å²) >= 11 is 0. The summed E-state index contributed by atoms with van der Waals surface area (Å²) in [7, 11) is -0.813. The third kappa shape index (κ3) is 6.86. The molecule has 0 aliphatic heterocycles. The molecule has 9 nitrogen and oxygen atoms in total. The summed E-state index contributed by atoms with van der Waals surface area (Å²) in [6.45, 7) is 3.79. The van der Waals surface area contributed by atoms with Gasteiger partial charge in [0, 0.05) is 18.0 Å². The lowest BCUT2D eigenvalue weighted by molar-refractivity contribution is 0.116. The van der Waals surface area contributed by atoms with Crippen LogP contribution >= 0.6 is 0 Å². The number of rotatable bonds is 12. The Morgan fingerprint density at radius 3 is 2.00 bits per heavy atom. The molecule has 0 bridgehead atoms. The van der Waals surface area contributed by atoms with Gasteiger partial charge in [-0.25, -0.2) is 8.42 Å². The topological polar surface area (TPSA) is 125 Å². The van der Waals surface area contributed by atoms with Crippen molar-refractivity contribution in [1.29, 1.82) is 0 Å². The Morgan fingerprint density at radius 1 is 1.00 bits per heavy atom. The van der Waals surface area contributed by atoms with Crippen molar-refractivity contribution in [3.8, 4) is 11.5 Å². The Hall–Kier alpha value is -2.78. The fourth-order valence-corrected chi connectivity index (χ4v) is 4.85. The quantitative estimate of drug-likeness (QED) is 0.293. The maximum atomic E-state index is 13.3. The van der Waals surface area contributed by atoms with Gasteiger partial charge in [-0.3, -0.25) is 0 Å². The summed E-state index contributed by atoms with van der Waals surface area (Å²) in [6, 6.07) is 12.4. The van der Waals surface area contributed by atoms with Gasteiger partial charge in [0.25, 0.3) is 0 Å². The van der Waals surface area contributed by atoms with E-state index in [1.54, 1.807) is 31.4 Å². The Kier molecular flexibility index (Phi) is 9.34. The predicted molar refractivity (Wildman–Crippen MR) is 122 cm³/mol. The first-order valence-corrected chi connectivity index (χ1v) is 11.6. The van der Waals surface area contributed by atoms with Crippen LogP contribution in [0.3, 0.4) is 0 Å². The molecule has 10 heteroatoms. The maximum Gasteiger partial charge on any atom is 0.243 e. The summed E-state index contributed by atoms with van der Waals surface area (Å²) in [5, 5.41) is 14.6. The van der Waals surface area contributed by atoms with Gasteiger partial charge in [-0.1, -0.05) is 31.1 Å². The zero-order valence-corrected chi connectivity index (χ0v) is 19.6. The van der Waals surface area contributed by atoms with E-state index in [1.807, 2.05) is 26.0 Å². The van der Waals surface area contributed by atoms with Crippen molar-refractivity contribution in [2.45, 2.75) is 37.3 Å². The van der Waals surface area contributed by atoms with Gasteiger partial charge in [-0.2, -0.15) is 4.31 Å². The molecule has 0 aliphatic carbocycles. The van der Waals surface area contributed by atoms with E-state index in [1.165, 1.54) is 23.5 Å². The van der Waals surface area contributed by atoms with Crippen LogP contribution in [0.4, 0.5) is 0 Å². The summed E-state index contributed by atoms with van der Waals surface area (Å²) in [4.78, 5) is 2.95. The van der Waals surface area contributed by atoms with Crippen LogP contribution in [0.15, 0.2) is 58.5 Å². The van der Waals surface area contributed by atoms with E-state index < -0.39 is 22.2 Å². The summed E-state index contributed by atoms with van der Waals surface area (Å²) in [5.41, 5.74) is 9.83. The van der Waals surface area contributed by atoms with E-state index in [-0.39, 0.29) is 30.3 Å². The highest BCUT2D eigenvalue weighted by atomic mass is 32.2. The Bertz CT molecular complexity index is 1000. The molecule has 0 fully saturated rings. The second-order valence-electron chi connectivity index (χ2n) is 7.78. The number of benzene rings is 2. The van der Waals surface area contributed by atoms with E-state index in [0.29, 0.717) is 11.5 Å². The first-order valence-electron chi connectivity index (χ1n) is 10.2. The van der Waals surface area contributed by atoms with Crippen LogP contribution in [0.25, 0.3) is 10.4 Å². The van der Waals surface area contributed by atoms with Crippen LogP contribution in [0.2, 0.25) is 0 Å². The van der Waals surface area contributed by atoms with E-state index in [4.69, 9.17) is 15.0 Å². The van der Waals surface area contributed by atoms with Crippen LogP contribution in [0.1, 0.15) is 19.4 Å². The van der Waals surface area contributed by atoms with Crippen molar-refractivity contribution in [2.24, 2.45) is 11.0 Å². The number of hydrogen-bond acceptors (Lipinski definition) is 6. The molecule has 0 saturated carbocycles. The second-order valence-corrected chi connectivity index (χ2v) is 9.72. The number of methoxy groups -OCH3 is 2. The minimum absolute atomic E-state index is 0.0229. The average Bonchev–Trinajstić information content (AvgIpc) is 2.78. The fourth-order valence-electron chi connectivity index (χ4n) is 3.23. The summed E-state index contributed by atoms with van der Waals surface area (Å²) in [5.74, 6) is 1.25. The van der Waals surface area contributed by atoms with Gasteiger partial charge in [0.15, 0.2) is 0 Å². The molecular weight excluding hydrogens is 432 g/mol. The van der Waals surface area contributed by atoms with Crippen molar-refractivity contribution in [3.63, 3.8) is 0 Å². The van der Waals surface area contributed by atoms with E-state index in [2.05, 4.69) is 10.0 Å². The number of aliphatic hydroxyl groups excluding tert-OH is 1. The monoisotopic (exact) mass is 462 g/mol.